The number of hydrogen-bond acceptors (Lipinski definition) is 4. The van der Waals surface area contributed by atoms with Crippen molar-refractivity contribution >= 4 is 11.7 Å². The van der Waals surface area contributed by atoms with E-state index in [1.54, 1.807) is 37.4 Å². The van der Waals surface area contributed by atoms with Gasteiger partial charge in [0.1, 0.15) is 5.82 Å². The standard InChI is InChI=1S/C16H17FN2O2/c1-3-21-16(20)12-4-6-15(7-5-12)19-11(2)13-8-14(17)10-18-9-13/h4-11,19H,3H2,1-2H3. The Morgan fingerprint density at radius 2 is 2.05 bits per heavy atom. The molecule has 4 nitrogen and oxygen atoms in total. The molecule has 0 bridgehead atoms. The summed E-state index contributed by atoms with van der Waals surface area (Å²) in [5.74, 6) is -0.703. The normalized spacial score (nSPS) is 11.8. The highest BCUT2D eigenvalue weighted by Gasteiger charge is 2.09. The first-order valence-corrected chi connectivity index (χ1v) is 6.74. The first kappa shape index (κ1) is 15.0. The quantitative estimate of drug-likeness (QED) is 0.855. The van der Waals surface area contributed by atoms with Gasteiger partial charge in [-0.3, -0.25) is 4.98 Å². The number of hydrogen-bond donors (Lipinski definition) is 1. The van der Waals surface area contributed by atoms with Crippen molar-refractivity contribution in [3.05, 3.63) is 59.7 Å². The van der Waals surface area contributed by atoms with E-state index < -0.39 is 0 Å². The monoisotopic (exact) mass is 288 g/mol. The van der Waals surface area contributed by atoms with E-state index in [2.05, 4.69) is 10.3 Å². The molecule has 1 heterocycles. The van der Waals surface area contributed by atoms with E-state index >= 15 is 0 Å². The van der Waals surface area contributed by atoms with Gasteiger partial charge in [0.25, 0.3) is 0 Å². The third kappa shape index (κ3) is 4.02. The molecule has 110 valence electrons. The maximum Gasteiger partial charge on any atom is 0.338 e. The van der Waals surface area contributed by atoms with E-state index in [4.69, 9.17) is 4.74 Å². The molecule has 2 aromatic rings. The summed E-state index contributed by atoms with van der Waals surface area (Å²) >= 11 is 0. The molecule has 2 rings (SSSR count). The van der Waals surface area contributed by atoms with Crippen molar-refractivity contribution in [2.24, 2.45) is 0 Å². The fraction of sp³-hybridized carbons (Fsp3) is 0.250. The van der Waals surface area contributed by atoms with E-state index in [1.165, 1.54) is 12.3 Å². The van der Waals surface area contributed by atoms with Gasteiger partial charge in [0.15, 0.2) is 0 Å². The molecular weight excluding hydrogens is 271 g/mol. The van der Waals surface area contributed by atoms with Crippen LogP contribution < -0.4 is 5.32 Å². The van der Waals surface area contributed by atoms with Gasteiger partial charge in [-0.05, 0) is 49.7 Å². The Balaban J connectivity index is 2.04. The zero-order valence-corrected chi connectivity index (χ0v) is 12.0. The summed E-state index contributed by atoms with van der Waals surface area (Å²) in [6.07, 6.45) is 2.79. The second kappa shape index (κ2) is 6.83. The van der Waals surface area contributed by atoms with Crippen molar-refractivity contribution < 1.29 is 13.9 Å². The van der Waals surface area contributed by atoms with Crippen molar-refractivity contribution in [3.8, 4) is 0 Å². The maximum atomic E-state index is 13.1. The number of halogens is 1. The van der Waals surface area contributed by atoms with Crippen LogP contribution in [-0.2, 0) is 4.74 Å². The zero-order valence-electron chi connectivity index (χ0n) is 12.0. The molecule has 1 atom stereocenters. The average Bonchev–Trinajstić information content (AvgIpc) is 2.48. The van der Waals surface area contributed by atoms with Gasteiger partial charge < -0.3 is 10.1 Å². The highest BCUT2D eigenvalue weighted by Crippen LogP contribution is 2.19. The van der Waals surface area contributed by atoms with Crippen LogP contribution in [0.25, 0.3) is 0 Å². The molecule has 0 radical (unpaired) electrons. The van der Waals surface area contributed by atoms with E-state index in [9.17, 15) is 9.18 Å². The van der Waals surface area contributed by atoms with Crippen LogP contribution >= 0.6 is 0 Å². The molecule has 0 fully saturated rings. The van der Waals surface area contributed by atoms with Gasteiger partial charge >= 0.3 is 5.97 Å². The van der Waals surface area contributed by atoms with Crippen LogP contribution in [0.1, 0.15) is 35.8 Å². The molecule has 21 heavy (non-hydrogen) atoms. The minimum atomic E-state index is -0.362. The lowest BCUT2D eigenvalue weighted by atomic mass is 10.1. The minimum Gasteiger partial charge on any atom is -0.462 e. The molecule has 0 aliphatic heterocycles. The number of ether oxygens (including phenoxy) is 1. The summed E-state index contributed by atoms with van der Waals surface area (Å²) in [5.41, 5.74) is 2.09. The Kier molecular flexibility index (Phi) is 4.87. The van der Waals surface area contributed by atoms with Crippen LogP contribution in [0.15, 0.2) is 42.7 Å². The van der Waals surface area contributed by atoms with Gasteiger partial charge in [-0.25, -0.2) is 9.18 Å². The second-order valence-electron chi connectivity index (χ2n) is 4.60. The number of carbonyl (C=O) groups excluding carboxylic acids is 1. The summed E-state index contributed by atoms with van der Waals surface area (Å²) in [6, 6.07) is 8.30. The molecule has 1 N–H and O–H groups in total. The Hall–Kier alpha value is -2.43. The van der Waals surface area contributed by atoms with E-state index in [0.717, 1.165) is 11.3 Å². The summed E-state index contributed by atoms with van der Waals surface area (Å²) in [5, 5.41) is 3.22. The summed E-state index contributed by atoms with van der Waals surface area (Å²) < 4.78 is 18.1. The third-order valence-corrected chi connectivity index (χ3v) is 3.01. The SMILES string of the molecule is CCOC(=O)c1ccc(NC(C)c2cncc(F)c2)cc1. The fourth-order valence-electron chi connectivity index (χ4n) is 1.92. The smallest absolute Gasteiger partial charge is 0.338 e. The van der Waals surface area contributed by atoms with Gasteiger partial charge in [0.2, 0.25) is 0 Å². The molecule has 0 saturated carbocycles. The maximum absolute atomic E-state index is 13.1. The van der Waals surface area contributed by atoms with Crippen molar-refractivity contribution in [2.45, 2.75) is 19.9 Å². The number of anilines is 1. The molecule has 1 aromatic heterocycles. The molecule has 0 aliphatic carbocycles. The molecular formula is C16H17FN2O2. The topological polar surface area (TPSA) is 51.2 Å². The highest BCUT2D eigenvalue weighted by molar-refractivity contribution is 5.89. The summed E-state index contributed by atoms with van der Waals surface area (Å²) in [4.78, 5) is 15.4. The number of carbonyl (C=O) groups is 1. The van der Waals surface area contributed by atoms with Gasteiger partial charge in [-0.15, -0.1) is 0 Å². The van der Waals surface area contributed by atoms with Crippen molar-refractivity contribution in [1.82, 2.24) is 4.98 Å². The van der Waals surface area contributed by atoms with Gasteiger partial charge in [0, 0.05) is 11.9 Å². The molecule has 1 unspecified atom stereocenters. The van der Waals surface area contributed by atoms with Crippen molar-refractivity contribution in [3.63, 3.8) is 0 Å². The average molecular weight is 288 g/mol. The predicted octanol–water partition coefficient (Wildman–Crippen LogP) is 3.57. The minimum absolute atomic E-state index is 0.0957. The lowest BCUT2D eigenvalue weighted by Gasteiger charge is -2.15. The Bertz CT molecular complexity index is 614. The molecule has 1 aromatic carbocycles. The number of esters is 1. The van der Waals surface area contributed by atoms with Crippen LogP contribution in [-0.4, -0.2) is 17.6 Å². The first-order valence-electron chi connectivity index (χ1n) is 6.74. The Morgan fingerprint density at radius 3 is 2.67 bits per heavy atom. The molecule has 0 aliphatic rings. The van der Waals surface area contributed by atoms with Crippen molar-refractivity contribution in [2.75, 3.05) is 11.9 Å². The number of nitrogens with zero attached hydrogens (tertiary/aromatic N) is 1. The van der Waals surface area contributed by atoms with Gasteiger partial charge in [0.05, 0.1) is 24.4 Å². The van der Waals surface area contributed by atoms with Crippen LogP contribution in [0.3, 0.4) is 0 Å². The largest absolute Gasteiger partial charge is 0.462 e. The summed E-state index contributed by atoms with van der Waals surface area (Å²) in [6.45, 7) is 4.03. The van der Waals surface area contributed by atoms with Crippen LogP contribution in [0.5, 0.6) is 0 Å². The molecule has 0 spiro atoms. The van der Waals surface area contributed by atoms with Crippen LogP contribution in [0.4, 0.5) is 10.1 Å². The fourth-order valence-corrected chi connectivity index (χ4v) is 1.92. The number of pyridine rings is 1. The Labute approximate surface area is 123 Å². The molecule has 5 heteroatoms. The molecule has 0 saturated heterocycles. The first-order chi connectivity index (χ1) is 10.1. The van der Waals surface area contributed by atoms with Crippen LogP contribution in [0.2, 0.25) is 0 Å². The third-order valence-electron chi connectivity index (χ3n) is 3.01. The number of nitrogens with one attached hydrogen (secondary N) is 1. The number of benzene rings is 1. The van der Waals surface area contributed by atoms with E-state index in [0.29, 0.717) is 12.2 Å². The lowest BCUT2D eigenvalue weighted by Crippen LogP contribution is -2.08. The van der Waals surface area contributed by atoms with E-state index in [1.807, 2.05) is 6.92 Å². The van der Waals surface area contributed by atoms with Crippen molar-refractivity contribution in [1.29, 1.82) is 0 Å². The zero-order chi connectivity index (χ0) is 15.2. The second-order valence-corrected chi connectivity index (χ2v) is 4.60. The van der Waals surface area contributed by atoms with Crippen LogP contribution in [0, 0.1) is 5.82 Å². The predicted molar refractivity (Wildman–Crippen MR) is 78.6 cm³/mol. The number of aromatic nitrogens is 1. The van der Waals surface area contributed by atoms with Gasteiger partial charge in [-0.2, -0.15) is 0 Å². The summed E-state index contributed by atoms with van der Waals surface area (Å²) in [7, 11) is 0. The van der Waals surface area contributed by atoms with E-state index in [-0.39, 0.29) is 17.8 Å². The number of rotatable bonds is 5. The molecule has 0 amide bonds. The Morgan fingerprint density at radius 1 is 1.33 bits per heavy atom. The highest BCUT2D eigenvalue weighted by atomic mass is 19.1. The van der Waals surface area contributed by atoms with Gasteiger partial charge in [-0.1, -0.05) is 0 Å². The lowest BCUT2D eigenvalue weighted by molar-refractivity contribution is 0.0526.